The summed E-state index contributed by atoms with van der Waals surface area (Å²) in [6.45, 7) is 15.3. The maximum Gasteiger partial charge on any atom is 0.327 e. The van der Waals surface area contributed by atoms with Crippen LogP contribution in [-0.4, -0.2) is 49.6 Å². The number of carbonyl (C=O) groups is 2. The van der Waals surface area contributed by atoms with Crippen LogP contribution in [0.4, 0.5) is 0 Å². The number of carbonyl (C=O) groups excluding carboxylic acids is 2. The highest BCUT2D eigenvalue weighted by molar-refractivity contribution is 6.01. The first kappa shape index (κ1) is 23.6. The molecule has 0 saturated heterocycles. The van der Waals surface area contributed by atoms with E-state index in [-0.39, 0.29) is 37.6 Å². The van der Waals surface area contributed by atoms with Gasteiger partial charge in [0.25, 0.3) is 0 Å². The Balaban J connectivity index is 4.58. The zero-order valence-corrected chi connectivity index (χ0v) is 16.9. The smallest absolute Gasteiger partial charge is 0.327 e. The third-order valence-electron chi connectivity index (χ3n) is 3.05. The Kier molecular flexibility index (Phi) is 9.37. The molecule has 146 valence electrons. The lowest BCUT2D eigenvalue weighted by Crippen LogP contribution is -2.39. The molecule has 0 unspecified atom stereocenters. The van der Waals surface area contributed by atoms with Crippen molar-refractivity contribution >= 4 is 11.9 Å². The highest BCUT2D eigenvalue weighted by atomic mass is 16.6. The average Bonchev–Trinajstić information content (AvgIpc) is 2.45. The number of ether oxygens (including phenoxy) is 4. The van der Waals surface area contributed by atoms with Gasteiger partial charge in [0.2, 0.25) is 0 Å². The number of hydrogen-bond donors (Lipinski definition) is 0. The molecule has 0 N–H and O–H groups in total. The summed E-state index contributed by atoms with van der Waals surface area (Å²) in [7, 11) is 0. The van der Waals surface area contributed by atoms with Gasteiger partial charge < -0.3 is 18.9 Å². The topological polar surface area (TPSA) is 71.1 Å². The van der Waals surface area contributed by atoms with E-state index < -0.39 is 17.4 Å². The summed E-state index contributed by atoms with van der Waals surface area (Å²) >= 11 is 0. The maximum atomic E-state index is 12.4. The molecule has 6 heteroatoms. The standard InChI is InChI=1S/C19H34O6/c1-9-10-19(8,15(20)22-11-13-24-17(2,3)4)16(21)23-12-14-25-18(5,6)7/h9-10H,11-14H2,1-8H3. The van der Waals surface area contributed by atoms with Crippen molar-refractivity contribution in [2.24, 2.45) is 5.41 Å². The lowest BCUT2D eigenvalue weighted by molar-refractivity contribution is -0.170. The van der Waals surface area contributed by atoms with E-state index in [4.69, 9.17) is 18.9 Å². The van der Waals surface area contributed by atoms with E-state index in [1.54, 1.807) is 13.0 Å². The van der Waals surface area contributed by atoms with Gasteiger partial charge in [-0.05, 0) is 55.4 Å². The van der Waals surface area contributed by atoms with Crippen LogP contribution in [0.5, 0.6) is 0 Å². The maximum absolute atomic E-state index is 12.4. The van der Waals surface area contributed by atoms with Crippen molar-refractivity contribution in [3.05, 3.63) is 12.2 Å². The zero-order valence-electron chi connectivity index (χ0n) is 16.9. The molecule has 0 bridgehead atoms. The van der Waals surface area contributed by atoms with Crippen molar-refractivity contribution in [1.29, 1.82) is 0 Å². The molecule has 0 aliphatic rings. The van der Waals surface area contributed by atoms with Crippen LogP contribution in [0.25, 0.3) is 0 Å². The lowest BCUT2D eigenvalue weighted by Gasteiger charge is -2.24. The van der Waals surface area contributed by atoms with Crippen molar-refractivity contribution in [2.75, 3.05) is 26.4 Å². The second kappa shape index (κ2) is 9.92. The number of allylic oxidation sites excluding steroid dienone is 1. The van der Waals surface area contributed by atoms with Gasteiger partial charge in [0.05, 0.1) is 24.4 Å². The van der Waals surface area contributed by atoms with Gasteiger partial charge in [-0.2, -0.15) is 0 Å². The Morgan fingerprint density at radius 3 is 1.36 bits per heavy atom. The fourth-order valence-electron chi connectivity index (χ4n) is 1.82. The van der Waals surface area contributed by atoms with E-state index >= 15 is 0 Å². The summed E-state index contributed by atoms with van der Waals surface area (Å²) in [6.07, 6.45) is 3.10. The molecule has 25 heavy (non-hydrogen) atoms. The summed E-state index contributed by atoms with van der Waals surface area (Å²) < 4.78 is 21.4. The summed E-state index contributed by atoms with van der Waals surface area (Å²) in [5, 5.41) is 0. The Labute approximate surface area is 151 Å². The molecule has 0 radical (unpaired) electrons. The Morgan fingerprint density at radius 2 is 1.08 bits per heavy atom. The molecule has 0 saturated carbocycles. The molecule has 0 aromatic heterocycles. The van der Waals surface area contributed by atoms with Gasteiger partial charge in [0.1, 0.15) is 13.2 Å². The van der Waals surface area contributed by atoms with Crippen LogP contribution in [0.15, 0.2) is 12.2 Å². The molecule has 0 heterocycles. The minimum Gasteiger partial charge on any atom is -0.462 e. The van der Waals surface area contributed by atoms with Crippen LogP contribution in [0, 0.1) is 5.41 Å². The van der Waals surface area contributed by atoms with Crippen LogP contribution in [0.2, 0.25) is 0 Å². The molecule has 0 rings (SSSR count). The molecule has 0 spiro atoms. The largest absolute Gasteiger partial charge is 0.462 e. The van der Waals surface area contributed by atoms with Gasteiger partial charge in [0, 0.05) is 0 Å². The quantitative estimate of drug-likeness (QED) is 0.273. The van der Waals surface area contributed by atoms with Crippen LogP contribution < -0.4 is 0 Å². The average molecular weight is 358 g/mol. The Bertz CT molecular complexity index is 420. The molecule has 0 amide bonds. The minimum absolute atomic E-state index is 0.0731. The summed E-state index contributed by atoms with van der Waals surface area (Å²) in [4.78, 5) is 24.7. The molecule has 0 aromatic rings. The van der Waals surface area contributed by atoms with E-state index in [2.05, 4.69) is 0 Å². The van der Waals surface area contributed by atoms with Crippen LogP contribution in [-0.2, 0) is 28.5 Å². The molecule has 0 atom stereocenters. The predicted octanol–water partition coefficient (Wildman–Crippen LogP) is 3.29. The van der Waals surface area contributed by atoms with E-state index in [0.29, 0.717) is 0 Å². The van der Waals surface area contributed by atoms with Crippen LogP contribution in [0.3, 0.4) is 0 Å². The van der Waals surface area contributed by atoms with E-state index in [1.165, 1.54) is 13.0 Å². The van der Waals surface area contributed by atoms with Gasteiger partial charge in [0.15, 0.2) is 5.41 Å². The van der Waals surface area contributed by atoms with Crippen molar-refractivity contribution < 1.29 is 28.5 Å². The monoisotopic (exact) mass is 358 g/mol. The van der Waals surface area contributed by atoms with Gasteiger partial charge in [-0.1, -0.05) is 12.2 Å². The second-order valence-electron chi connectivity index (χ2n) is 7.90. The molecule has 0 aromatic carbocycles. The molecule has 0 fully saturated rings. The van der Waals surface area contributed by atoms with Crippen LogP contribution in [0.1, 0.15) is 55.4 Å². The summed E-state index contributed by atoms with van der Waals surface area (Å²) in [5.41, 5.74) is -2.12. The first-order valence-corrected chi connectivity index (χ1v) is 8.58. The van der Waals surface area contributed by atoms with Crippen molar-refractivity contribution in [3.63, 3.8) is 0 Å². The van der Waals surface area contributed by atoms with Crippen molar-refractivity contribution in [2.45, 2.75) is 66.6 Å². The number of esters is 2. The van der Waals surface area contributed by atoms with E-state index in [0.717, 1.165) is 0 Å². The first-order valence-electron chi connectivity index (χ1n) is 8.58. The first-order chi connectivity index (χ1) is 11.3. The molecular formula is C19H34O6. The zero-order chi connectivity index (χ0) is 19.7. The van der Waals surface area contributed by atoms with Gasteiger partial charge in [-0.3, -0.25) is 9.59 Å². The second-order valence-corrected chi connectivity index (χ2v) is 7.90. The number of rotatable bonds is 9. The van der Waals surface area contributed by atoms with Gasteiger partial charge in [-0.25, -0.2) is 0 Å². The molecule has 0 aliphatic carbocycles. The van der Waals surface area contributed by atoms with Gasteiger partial charge >= 0.3 is 11.9 Å². The lowest BCUT2D eigenvalue weighted by atomic mass is 9.90. The van der Waals surface area contributed by atoms with Crippen molar-refractivity contribution in [3.8, 4) is 0 Å². The highest BCUT2D eigenvalue weighted by Gasteiger charge is 2.42. The van der Waals surface area contributed by atoms with Crippen LogP contribution >= 0.6 is 0 Å². The Hall–Kier alpha value is -1.40. The Morgan fingerprint density at radius 1 is 0.720 bits per heavy atom. The SMILES string of the molecule is CC=CC(C)(C(=O)OCCOC(C)(C)C)C(=O)OCCOC(C)(C)C. The fraction of sp³-hybridized carbons (Fsp3) is 0.789. The molecule has 0 aliphatic heterocycles. The van der Waals surface area contributed by atoms with E-state index in [9.17, 15) is 9.59 Å². The third kappa shape index (κ3) is 10.2. The molecule has 6 nitrogen and oxygen atoms in total. The number of hydrogen-bond acceptors (Lipinski definition) is 6. The summed E-state index contributed by atoms with van der Waals surface area (Å²) in [6, 6.07) is 0. The summed E-state index contributed by atoms with van der Waals surface area (Å²) in [5.74, 6) is -1.32. The normalized spacial score (nSPS) is 13.1. The van der Waals surface area contributed by atoms with E-state index in [1.807, 2.05) is 41.5 Å². The third-order valence-corrected chi connectivity index (χ3v) is 3.05. The van der Waals surface area contributed by atoms with Crippen molar-refractivity contribution in [1.82, 2.24) is 0 Å². The van der Waals surface area contributed by atoms with Gasteiger partial charge in [-0.15, -0.1) is 0 Å². The minimum atomic E-state index is -1.49. The highest BCUT2D eigenvalue weighted by Crippen LogP contribution is 2.23. The predicted molar refractivity (Wildman–Crippen MR) is 96.2 cm³/mol. The fourth-order valence-corrected chi connectivity index (χ4v) is 1.82. The molecular weight excluding hydrogens is 324 g/mol.